The molecule has 0 aliphatic carbocycles. The van der Waals surface area contributed by atoms with Crippen molar-refractivity contribution >= 4 is 23.8 Å². The number of halogens is 1. The molecule has 2 aliphatic heterocycles. The lowest BCUT2D eigenvalue weighted by molar-refractivity contribution is -0.188. The summed E-state index contributed by atoms with van der Waals surface area (Å²) in [5.41, 5.74) is 0.712. The molecule has 204 valence electrons. The van der Waals surface area contributed by atoms with Crippen LogP contribution in [-0.4, -0.2) is 87.6 Å². The molecular weight excluding hydrogens is 481 g/mol. The minimum Gasteiger partial charge on any atom is -0.481 e. The summed E-state index contributed by atoms with van der Waals surface area (Å²) in [6.07, 6.45) is 2.89. The van der Waals surface area contributed by atoms with Gasteiger partial charge in [0.2, 0.25) is 11.8 Å². The van der Waals surface area contributed by atoms with Gasteiger partial charge in [-0.2, -0.15) is 0 Å². The number of nitrogens with one attached hydrogen (secondary N) is 1. The number of carboxylic acid groups (broad SMARTS) is 1. The maximum Gasteiger partial charge on any atom is 0.334 e. The number of amides is 4. The number of nitrogens with zero attached hydrogens (tertiary/aromatic N) is 4. The molecule has 0 saturated carbocycles. The van der Waals surface area contributed by atoms with Crippen molar-refractivity contribution in [2.24, 2.45) is 5.92 Å². The third-order valence-electron chi connectivity index (χ3n) is 7.16. The number of likely N-dealkylation sites (N-methyl/N-ethyl adjacent to an activating group) is 1. The Balaban J connectivity index is 1.85. The Morgan fingerprint density at radius 2 is 1.89 bits per heavy atom. The first kappa shape index (κ1) is 28.4. The molecule has 0 aromatic heterocycles. The monoisotopic (exact) mass is 519 g/mol. The lowest BCUT2D eigenvalue weighted by Gasteiger charge is -2.54. The Bertz CT molecular complexity index is 975. The summed E-state index contributed by atoms with van der Waals surface area (Å²) in [5.74, 6) is -1.74. The second kappa shape index (κ2) is 12.8. The van der Waals surface area contributed by atoms with Gasteiger partial charge in [0.15, 0.2) is 0 Å². The largest absolute Gasteiger partial charge is 0.481 e. The summed E-state index contributed by atoms with van der Waals surface area (Å²) in [6, 6.07) is 4.38. The van der Waals surface area contributed by atoms with Gasteiger partial charge in [-0.15, -0.1) is 0 Å². The number of carboxylic acids is 1. The van der Waals surface area contributed by atoms with E-state index in [0.717, 1.165) is 25.7 Å². The van der Waals surface area contributed by atoms with Crippen molar-refractivity contribution in [1.82, 2.24) is 25.1 Å². The van der Waals surface area contributed by atoms with Gasteiger partial charge in [0.25, 0.3) is 0 Å². The molecule has 2 fully saturated rings. The molecule has 2 heterocycles. The predicted molar refractivity (Wildman–Crippen MR) is 134 cm³/mol. The summed E-state index contributed by atoms with van der Waals surface area (Å²) >= 11 is 0. The van der Waals surface area contributed by atoms with Crippen LogP contribution in [-0.2, 0) is 20.9 Å². The van der Waals surface area contributed by atoms with Crippen LogP contribution in [0.2, 0.25) is 0 Å². The first-order valence-corrected chi connectivity index (χ1v) is 13.0. The number of urea groups is 1. The fraction of sp³-hybridized carbons (Fsp3) is 0.615. The smallest absolute Gasteiger partial charge is 0.334 e. The summed E-state index contributed by atoms with van der Waals surface area (Å²) < 4.78 is 13.2. The lowest BCUT2D eigenvalue weighted by Crippen LogP contribution is -2.76. The molecule has 11 heteroatoms. The van der Waals surface area contributed by atoms with Gasteiger partial charge in [0.05, 0.1) is 13.1 Å². The van der Waals surface area contributed by atoms with Gasteiger partial charge in [-0.25, -0.2) is 19.2 Å². The summed E-state index contributed by atoms with van der Waals surface area (Å²) in [4.78, 5) is 54.4. The van der Waals surface area contributed by atoms with E-state index in [-0.39, 0.29) is 56.0 Å². The number of fused-ring (bicyclic) bond motifs is 1. The number of hydrogen-bond acceptors (Lipinski definition) is 5. The average Bonchev–Trinajstić information content (AvgIpc) is 2.86. The highest BCUT2D eigenvalue weighted by molar-refractivity contribution is 5.91. The number of hydrogen-bond donors (Lipinski definition) is 2. The van der Waals surface area contributed by atoms with Crippen molar-refractivity contribution in [3.8, 4) is 0 Å². The zero-order chi connectivity index (χ0) is 27.1. The Kier molecular flexibility index (Phi) is 9.85. The first-order valence-electron chi connectivity index (χ1n) is 13.0. The zero-order valence-corrected chi connectivity index (χ0v) is 21.9. The number of carbonyl (C=O) groups is 4. The minimum absolute atomic E-state index is 0.0204. The second-order valence-electron chi connectivity index (χ2n) is 9.84. The molecule has 3 rings (SSSR count). The van der Waals surface area contributed by atoms with Crippen LogP contribution in [0.1, 0.15) is 57.9 Å². The van der Waals surface area contributed by atoms with Crippen LogP contribution in [0.4, 0.5) is 9.18 Å². The summed E-state index contributed by atoms with van der Waals surface area (Å²) in [5, 5.41) is 15.1. The number of rotatable bonds is 11. The zero-order valence-electron chi connectivity index (χ0n) is 21.9. The molecule has 1 unspecified atom stereocenters. The molecule has 2 saturated heterocycles. The molecule has 2 aliphatic rings. The molecule has 1 aromatic carbocycles. The predicted octanol–water partition coefficient (Wildman–Crippen LogP) is 2.64. The lowest BCUT2D eigenvalue weighted by atomic mass is 9.96. The van der Waals surface area contributed by atoms with Crippen molar-refractivity contribution in [2.75, 3.05) is 26.7 Å². The number of unbranched alkanes of at least 4 members (excludes halogenated alkanes) is 1. The maximum atomic E-state index is 13.5. The molecule has 0 radical (unpaired) electrons. The summed E-state index contributed by atoms with van der Waals surface area (Å²) in [6.45, 7) is 4.87. The van der Waals surface area contributed by atoms with Crippen molar-refractivity contribution in [2.45, 2.75) is 71.1 Å². The van der Waals surface area contributed by atoms with Crippen LogP contribution >= 0.6 is 0 Å². The van der Waals surface area contributed by atoms with Gasteiger partial charge in [0.1, 0.15) is 18.0 Å². The third-order valence-corrected chi connectivity index (χ3v) is 7.16. The highest BCUT2D eigenvalue weighted by atomic mass is 19.1. The van der Waals surface area contributed by atoms with Crippen LogP contribution < -0.4 is 5.32 Å². The van der Waals surface area contributed by atoms with E-state index in [1.165, 1.54) is 27.1 Å². The normalized spacial score (nSPS) is 21.1. The van der Waals surface area contributed by atoms with Crippen LogP contribution in [0, 0.1) is 11.7 Å². The van der Waals surface area contributed by atoms with Gasteiger partial charge >= 0.3 is 12.0 Å². The fourth-order valence-corrected chi connectivity index (χ4v) is 5.10. The summed E-state index contributed by atoms with van der Waals surface area (Å²) in [7, 11) is 1.63. The molecule has 0 spiro atoms. The van der Waals surface area contributed by atoms with Crippen LogP contribution in [0.25, 0.3) is 0 Å². The number of piperazine rings is 1. The van der Waals surface area contributed by atoms with Gasteiger partial charge in [0, 0.05) is 26.6 Å². The van der Waals surface area contributed by atoms with Crippen LogP contribution in [0.5, 0.6) is 0 Å². The maximum absolute atomic E-state index is 13.5. The van der Waals surface area contributed by atoms with E-state index in [1.807, 2.05) is 0 Å². The van der Waals surface area contributed by atoms with E-state index in [2.05, 4.69) is 19.2 Å². The van der Waals surface area contributed by atoms with Crippen LogP contribution in [0.3, 0.4) is 0 Å². The molecule has 10 nitrogen and oxygen atoms in total. The van der Waals surface area contributed by atoms with Gasteiger partial charge in [-0.3, -0.25) is 14.4 Å². The molecule has 2 N–H and O–H groups in total. The van der Waals surface area contributed by atoms with E-state index >= 15 is 0 Å². The van der Waals surface area contributed by atoms with E-state index in [0.29, 0.717) is 12.1 Å². The molecule has 37 heavy (non-hydrogen) atoms. The molecular formula is C26H38FN5O5. The average molecular weight is 520 g/mol. The van der Waals surface area contributed by atoms with Crippen molar-refractivity contribution in [1.29, 1.82) is 0 Å². The standard InChI is InChI=1S/C26H38FN5O5/c1-4-6-7-18(5-2)15-30-16-22-31(21(25(30)36)12-13-24(34)35)23(33)17-29(3)32(22)26(37)28-14-19-8-10-20(27)11-9-19/h8-11,18,21-22H,4-7,12-17H2,1-3H3,(H,28,37)(H,34,35)/t18?,21-,22-/m0/s1. The molecule has 1 aromatic rings. The molecule has 0 bridgehead atoms. The van der Waals surface area contributed by atoms with E-state index in [9.17, 15) is 28.7 Å². The SMILES string of the molecule is CCCCC(CC)CN1C[C@H]2N(C(=O)CN(C)N2C(=O)NCc2ccc(F)cc2)[C@@H](CCC(=O)O)C1=O. The van der Waals surface area contributed by atoms with E-state index in [4.69, 9.17) is 0 Å². The van der Waals surface area contributed by atoms with Gasteiger partial charge in [-0.05, 0) is 36.5 Å². The first-order chi connectivity index (χ1) is 17.7. The number of hydrazine groups is 1. The highest BCUT2D eigenvalue weighted by Gasteiger charge is 2.50. The van der Waals surface area contributed by atoms with Gasteiger partial charge in [-0.1, -0.05) is 45.2 Å². The number of carbonyl (C=O) groups excluding carboxylic acids is 3. The van der Waals surface area contributed by atoms with E-state index < -0.39 is 24.2 Å². The minimum atomic E-state index is -1.05. The van der Waals surface area contributed by atoms with E-state index in [1.54, 1.807) is 24.1 Å². The second-order valence-corrected chi connectivity index (χ2v) is 9.84. The fourth-order valence-electron chi connectivity index (χ4n) is 5.10. The quantitative estimate of drug-likeness (QED) is 0.465. The van der Waals surface area contributed by atoms with Gasteiger partial charge < -0.3 is 20.2 Å². The van der Waals surface area contributed by atoms with Crippen molar-refractivity contribution in [3.63, 3.8) is 0 Å². The number of benzene rings is 1. The Labute approximate surface area is 217 Å². The Morgan fingerprint density at radius 3 is 2.51 bits per heavy atom. The molecule has 4 amide bonds. The van der Waals surface area contributed by atoms with Crippen molar-refractivity contribution in [3.05, 3.63) is 35.6 Å². The Morgan fingerprint density at radius 1 is 1.19 bits per heavy atom. The highest BCUT2D eigenvalue weighted by Crippen LogP contribution is 2.29. The number of aliphatic carboxylic acids is 1. The van der Waals surface area contributed by atoms with Crippen LogP contribution in [0.15, 0.2) is 24.3 Å². The third kappa shape index (κ3) is 6.97. The topological polar surface area (TPSA) is 114 Å². The molecule has 3 atom stereocenters. The Hall–Kier alpha value is -3.21. The van der Waals surface area contributed by atoms with Crippen molar-refractivity contribution < 1.29 is 28.7 Å².